The fraction of sp³-hybridized carbons (Fsp3) is 0.667. The van der Waals surface area contributed by atoms with Crippen LogP contribution in [0, 0.1) is 34.0 Å². The van der Waals surface area contributed by atoms with E-state index in [2.05, 4.69) is 63.2 Å². The quantitative estimate of drug-likeness (QED) is 0.432. The summed E-state index contributed by atoms with van der Waals surface area (Å²) in [6.45, 7) is 9.76. The van der Waals surface area contributed by atoms with E-state index in [-0.39, 0.29) is 5.91 Å². The Labute approximate surface area is 212 Å². The SMILES string of the molecule is CC(=O)N(C)[C@@H]1CC[C@@]2(C)[C@@H](CC[C@]3(C)[C@@H]2CC[C@@]2(C)[C@H]3CC[C@@H]2c2ccc3ccccc3c2)C1. The first-order valence-corrected chi connectivity index (χ1v) is 14.4. The van der Waals surface area contributed by atoms with Crippen LogP contribution in [0.1, 0.15) is 97.0 Å². The molecule has 0 unspecified atom stereocenters. The van der Waals surface area contributed by atoms with Crippen molar-refractivity contribution in [3.63, 3.8) is 0 Å². The second-order valence-corrected chi connectivity index (χ2v) is 13.7. The molecule has 0 aliphatic heterocycles. The van der Waals surface area contributed by atoms with Crippen molar-refractivity contribution in [2.24, 2.45) is 34.0 Å². The number of hydrogen-bond acceptors (Lipinski definition) is 1. The van der Waals surface area contributed by atoms with Crippen molar-refractivity contribution < 1.29 is 4.79 Å². The zero-order valence-corrected chi connectivity index (χ0v) is 22.6. The van der Waals surface area contributed by atoms with Crippen molar-refractivity contribution in [1.29, 1.82) is 0 Å². The van der Waals surface area contributed by atoms with E-state index in [0.29, 0.717) is 28.2 Å². The van der Waals surface area contributed by atoms with Gasteiger partial charge in [0.25, 0.3) is 0 Å². The molecule has 35 heavy (non-hydrogen) atoms. The van der Waals surface area contributed by atoms with Crippen LogP contribution in [0.4, 0.5) is 0 Å². The van der Waals surface area contributed by atoms with Crippen LogP contribution in [0.3, 0.4) is 0 Å². The molecular formula is C33H45NO. The Morgan fingerprint density at radius 3 is 2.26 bits per heavy atom. The Kier molecular flexibility index (Phi) is 5.44. The molecule has 0 spiro atoms. The maximum atomic E-state index is 12.1. The Balaban J connectivity index is 1.28. The maximum absolute atomic E-state index is 12.1. The van der Waals surface area contributed by atoms with Crippen LogP contribution in [0.2, 0.25) is 0 Å². The van der Waals surface area contributed by atoms with Gasteiger partial charge in [0.1, 0.15) is 0 Å². The van der Waals surface area contributed by atoms with E-state index < -0.39 is 0 Å². The largest absolute Gasteiger partial charge is 0.343 e. The highest BCUT2D eigenvalue weighted by Gasteiger charge is 2.65. The zero-order chi connectivity index (χ0) is 24.6. The third kappa shape index (κ3) is 3.37. The number of rotatable bonds is 2. The molecule has 4 aliphatic rings. The minimum Gasteiger partial charge on any atom is -0.343 e. The van der Waals surface area contributed by atoms with E-state index in [0.717, 1.165) is 17.8 Å². The third-order valence-electron chi connectivity index (χ3n) is 12.5. The van der Waals surface area contributed by atoms with E-state index in [1.165, 1.54) is 68.6 Å². The van der Waals surface area contributed by atoms with E-state index in [1.54, 1.807) is 12.5 Å². The highest BCUT2D eigenvalue weighted by molar-refractivity contribution is 5.83. The molecule has 2 heteroatoms. The van der Waals surface area contributed by atoms with Gasteiger partial charge in [-0.3, -0.25) is 4.79 Å². The predicted molar refractivity (Wildman–Crippen MR) is 145 cm³/mol. The summed E-state index contributed by atoms with van der Waals surface area (Å²) in [7, 11) is 2.03. The highest BCUT2D eigenvalue weighted by Crippen LogP contribution is 2.73. The first kappa shape index (κ1) is 23.6. The van der Waals surface area contributed by atoms with Crippen LogP contribution in [0.5, 0.6) is 0 Å². The number of fused-ring (bicyclic) bond motifs is 6. The molecule has 0 heterocycles. The second-order valence-electron chi connectivity index (χ2n) is 13.7. The van der Waals surface area contributed by atoms with Crippen LogP contribution in [0.25, 0.3) is 10.8 Å². The summed E-state index contributed by atoms with van der Waals surface area (Å²) in [5, 5.41) is 2.76. The molecule has 6 rings (SSSR count). The first-order chi connectivity index (χ1) is 16.7. The van der Waals surface area contributed by atoms with Crippen LogP contribution in [-0.4, -0.2) is 23.9 Å². The van der Waals surface area contributed by atoms with Gasteiger partial charge in [-0.25, -0.2) is 0 Å². The second kappa shape index (κ2) is 8.09. The lowest BCUT2D eigenvalue weighted by Crippen LogP contribution is -2.59. The molecule has 0 aromatic heterocycles. The van der Waals surface area contributed by atoms with Crippen molar-refractivity contribution in [1.82, 2.24) is 4.90 Å². The lowest BCUT2D eigenvalue weighted by atomic mass is 9.39. The molecule has 188 valence electrons. The van der Waals surface area contributed by atoms with Crippen LogP contribution in [-0.2, 0) is 4.79 Å². The molecule has 1 amide bonds. The zero-order valence-electron chi connectivity index (χ0n) is 22.6. The summed E-state index contributed by atoms with van der Waals surface area (Å²) in [4.78, 5) is 14.1. The Morgan fingerprint density at radius 1 is 0.800 bits per heavy atom. The van der Waals surface area contributed by atoms with Gasteiger partial charge in [-0.15, -0.1) is 0 Å². The van der Waals surface area contributed by atoms with Gasteiger partial charge in [-0.2, -0.15) is 0 Å². The van der Waals surface area contributed by atoms with Crippen LogP contribution < -0.4 is 0 Å². The molecule has 4 aliphatic carbocycles. The van der Waals surface area contributed by atoms with Crippen LogP contribution in [0.15, 0.2) is 42.5 Å². The lowest BCUT2D eigenvalue weighted by Gasteiger charge is -2.66. The molecule has 4 saturated carbocycles. The van der Waals surface area contributed by atoms with Crippen LogP contribution >= 0.6 is 0 Å². The molecular weight excluding hydrogens is 426 g/mol. The summed E-state index contributed by atoms with van der Waals surface area (Å²) in [6.07, 6.45) is 12.0. The van der Waals surface area contributed by atoms with E-state index in [9.17, 15) is 4.79 Å². The summed E-state index contributed by atoms with van der Waals surface area (Å²) >= 11 is 0. The summed E-state index contributed by atoms with van der Waals surface area (Å²) < 4.78 is 0. The van der Waals surface area contributed by atoms with Crippen molar-refractivity contribution in [2.75, 3.05) is 7.05 Å². The van der Waals surface area contributed by atoms with Gasteiger partial charge in [-0.1, -0.05) is 63.2 Å². The van der Waals surface area contributed by atoms with Gasteiger partial charge in [-0.05, 0) is 114 Å². The number of hydrogen-bond donors (Lipinski definition) is 0. The minimum atomic E-state index is 0.235. The summed E-state index contributed by atoms with van der Waals surface area (Å²) in [5.74, 6) is 3.38. The molecule has 2 nitrogen and oxygen atoms in total. The number of amides is 1. The molecule has 4 fully saturated rings. The topological polar surface area (TPSA) is 20.3 Å². The molecule has 2 aromatic carbocycles. The molecule has 0 bridgehead atoms. The number of carbonyl (C=O) groups is 1. The average Bonchev–Trinajstić information content (AvgIpc) is 3.21. The molecule has 8 atom stereocenters. The van der Waals surface area contributed by atoms with Crippen molar-refractivity contribution in [2.45, 2.75) is 97.4 Å². The minimum absolute atomic E-state index is 0.235. The van der Waals surface area contributed by atoms with Gasteiger partial charge in [0.15, 0.2) is 0 Å². The molecule has 0 N–H and O–H groups in total. The Morgan fingerprint density at radius 2 is 1.49 bits per heavy atom. The van der Waals surface area contributed by atoms with E-state index in [4.69, 9.17) is 0 Å². The van der Waals surface area contributed by atoms with E-state index in [1.807, 2.05) is 11.9 Å². The van der Waals surface area contributed by atoms with Gasteiger partial charge < -0.3 is 4.90 Å². The molecule has 2 aromatic rings. The monoisotopic (exact) mass is 471 g/mol. The summed E-state index contributed by atoms with van der Waals surface area (Å²) in [6, 6.07) is 16.6. The van der Waals surface area contributed by atoms with Gasteiger partial charge in [0.2, 0.25) is 5.91 Å². The van der Waals surface area contributed by atoms with Crippen molar-refractivity contribution in [3.05, 3.63) is 48.0 Å². The lowest BCUT2D eigenvalue weighted by molar-refractivity contribution is -0.168. The molecule has 0 radical (unpaired) electrons. The fourth-order valence-electron chi connectivity index (χ4n) is 10.5. The van der Waals surface area contributed by atoms with Gasteiger partial charge in [0, 0.05) is 20.0 Å². The number of nitrogens with zero attached hydrogens (tertiary/aromatic N) is 1. The van der Waals surface area contributed by atoms with Gasteiger partial charge in [0.05, 0.1) is 0 Å². The standard InChI is InChI=1S/C33H45NO/c1-22(35)34(5)27-15-18-31(2)26(21-27)14-17-33(4)29-13-12-28(32(29,3)19-16-30(31)33)25-11-10-23-8-6-7-9-24(23)20-25/h6-11,20,26-30H,12-19,21H2,1-5H3/t26-,27+,28+,29+,30+,31-,32+,33-/m0/s1. The fourth-order valence-corrected chi connectivity index (χ4v) is 10.5. The van der Waals surface area contributed by atoms with E-state index >= 15 is 0 Å². The summed E-state index contributed by atoms with van der Waals surface area (Å²) in [5.41, 5.74) is 2.92. The highest BCUT2D eigenvalue weighted by atomic mass is 16.2. The van der Waals surface area contributed by atoms with Gasteiger partial charge >= 0.3 is 0 Å². The van der Waals surface area contributed by atoms with Crippen molar-refractivity contribution >= 4 is 16.7 Å². The smallest absolute Gasteiger partial charge is 0.219 e. The Bertz CT molecular complexity index is 1140. The Hall–Kier alpha value is -1.83. The van der Waals surface area contributed by atoms with Crippen molar-refractivity contribution in [3.8, 4) is 0 Å². The molecule has 0 saturated heterocycles. The maximum Gasteiger partial charge on any atom is 0.219 e. The number of benzene rings is 2. The third-order valence-corrected chi connectivity index (χ3v) is 12.5. The average molecular weight is 472 g/mol. The number of carbonyl (C=O) groups excluding carboxylic acids is 1. The predicted octanol–water partition coefficient (Wildman–Crippen LogP) is 8.20. The normalized spacial score (nSPS) is 42.7. The first-order valence-electron chi connectivity index (χ1n) is 14.4.